The zero-order valence-electron chi connectivity index (χ0n) is 14.3. The first-order valence-electron chi connectivity index (χ1n) is 7.97. The minimum absolute atomic E-state index is 0.0692. The van der Waals surface area contributed by atoms with E-state index in [-0.39, 0.29) is 18.4 Å². The van der Waals surface area contributed by atoms with Gasteiger partial charge in [-0.05, 0) is 36.8 Å². The van der Waals surface area contributed by atoms with Gasteiger partial charge in [-0.25, -0.2) is 0 Å². The Balaban J connectivity index is 1.86. The van der Waals surface area contributed by atoms with Crippen LogP contribution in [-0.2, 0) is 9.59 Å². The second-order valence-corrected chi connectivity index (χ2v) is 5.91. The molecular weight excluding hydrogens is 340 g/mol. The van der Waals surface area contributed by atoms with E-state index in [0.717, 1.165) is 11.3 Å². The Bertz CT molecular complexity index is 735. The number of ether oxygens (including phenoxy) is 1. The molecule has 2 amide bonds. The minimum Gasteiger partial charge on any atom is -0.484 e. The fraction of sp³-hybridized carbons (Fsp3) is 0.263. The van der Waals surface area contributed by atoms with Crippen molar-refractivity contribution in [2.75, 3.05) is 24.6 Å². The van der Waals surface area contributed by atoms with E-state index in [2.05, 4.69) is 5.32 Å². The standard InChI is InChI=1S/C19H21ClN2O3/c1-14-17(20)9-6-10-18(14)22(15(2)23)12-11-21-19(24)13-25-16-7-4-3-5-8-16/h3-10H,11-13H2,1-2H3,(H,21,24). The van der Waals surface area contributed by atoms with E-state index in [1.54, 1.807) is 29.2 Å². The summed E-state index contributed by atoms with van der Waals surface area (Å²) >= 11 is 6.12. The minimum atomic E-state index is -0.241. The average molecular weight is 361 g/mol. The van der Waals surface area contributed by atoms with Crippen molar-refractivity contribution in [3.63, 3.8) is 0 Å². The fourth-order valence-corrected chi connectivity index (χ4v) is 2.53. The van der Waals surface area contributed by atoms with E-state index >= 15 is 0 Å². The first kappa shape index (κ1) is 18.8. The molecule has 0 unspecified atom stereocenters. The molecule has 6 heteroatoms. The number of rotatable bonds is 7. The number of anilines is 1. The van der Waals surface area contributed by atoms with Gasteiger partial charge in [0.2, 0.25) is 5.91 Å². The summed E-state index contributed by atoms with van der Waals surface area (Å²) in [6.07, 6.45) is 0. The van der Waals surface area contributed by atoms with Gasteiger partial charge < -0.3 is 15.0 Å². The number of hydrogen-bond acceptors (Lipinski definition) is 3. The maximum atomic E-state index is 11.9. The van der Waals surface area contributed by atoms with Gasteiger partial charge in [-0.2, -0.15) is 0 Å². The average Bonchev–Trinajstić information content (AvgIpc) is 2.60. The molecule has 0 heterocycles. The van der Waals surface area contributed by atoms with Crippen molar-refractivity contribution in [3.05, 3.63) is 59.1 Å². The molecule has 2 aromatic rings. The van der Waals surface area contributed by atoms with Gasteiger partial charge in [0.1, 0.15) is 5.75 Å². The van der Waals surface area contributed by atoms with Crippen molar-refractivity contribution < 1.29 is 14.3 Å². The van der Waals surface area contributed by atoms with Crippen molar-refractivity contribution >= 4 is 29.1 Å². The maximum Gasteiger partial charge on any atom is 0.258 e. The molecule has 25 heavy (non-hydrogen) atoms. The maximum absolute atomic E-state index is 11.9. The number of nitrogens with zero attached hydrogens (tertiary/aromatic N) is 1. The number of hydrogen-bond donors (Lipinski definition) is 1. The quantitative estimate of drug-likeness (QED) is 0.824. The third-order valence-electron chi connectivity index (χ3n) is 3.68. The van der Waals surface area contributed by atoms with Gasteiger partial charge in [0.05, 0.1) is 0 Å². The predicted octanol–water partition coefficient (Wildman–Crippen LogP) is 3.20. The van der Waals surface area contributed by atoms with E-state index in [1.807, 2.05) is 31.2 Å². The van der Waals surface area contributed by atoms with Gasteiger partial charge >= 0.3 is 0 Å². The summed E-state index contributed by atoms with van der Waals surface area (Å²) in [5, 5.41) is 3.35. The van der Waals surface area contributed by atoms with Crippen molar-refractivity contribution in [1.82, 2.24) is 5.32 Å². The van der Waals surface area contributed by atoms with E-state index in [4.69, 9.17) is 16.3 Å². The van der Waals surface area contributed by atoms with Crippen molar-refractivity contribution in [2.24, 2.45) is 0 Å². The lowest BCUT2D eigenvalue weighted by Gasteiger charge is -2.23. The molecule has 0 bridgehead atoms. The van der Waals surface area contributed by atoms with Crippen LogP contribution in [0.1, 0.15) is 12.5 Å². The Hall–Kier alpha value is -2.53. The van der Waals surface area contributed by atoms with Crippen LogP contribution in [0.3, 0.4) is 0 Å². The molecular formula is C19H21ClN2O3. The summed E-state index contributed by atoms with van der Waals surface area (Å²) in [7, 11) is 0. The predicted molar refractivity (Wildman–Crippen MR) is 99.2 cm³/mol. The summed E-state index contributed by atoms with van der Waals surface area (Å²) in [6.45, 7) is 3.96. The molecule has 132 valence electrons. The molecule has 0 aliphatic rings. The number of halogens is 1. The summed E-state index contributed by atoms with van der Waals surface area (Å²) < 4.78 is 5.38. The molecule has 5 nitrogen and oxygen atoms in total. The molecule has 0 saturated carbocycles. The molecule has 0 aromatic heterocycles. The molecule has 0 aliphatic heterocycles. The largest absolute Gasteiger partial charge is 0.484 e. The van der Waals surface area contributed by atoms with Crippen LogP contribution in [-0.4, -0.2) is 31.5 Å². The van der Waals surface area contributed by atoms with Crippen molar-refractivity contribution in [3.8, 4) is 5.75 Å². The normalized spacial score (nSPS) is 10.2. The summed E-state index contributed by atoms with van der Waals surface area (Å²) in [4.78, 5) is 25.4. The Morgan fingerprint density at radius 3 is 2.52 bits per heavy atom. The van der Waals surface area contributed by atoms with E-state index in [1.165, 1.54) is 6.92 Å². The lowest BCUT2D eigenvalue weighted by Crippen LogP contribution is -2.39. The number of benzene rings is 2. The molecule has 0 saturated heterocycles. The Labute approximate surface area is 152 Å². The molecule has 0 aliphatic carbocycles. The Morgan fingerprint density at radius 1 is 1.12 bits per heavy atom. The lowest BCUT2D eigenvalue weighted by atomic mass is 10.1. The van der Waals surface area contributed by atoms with Crippen molar-refractivity contribution in [1.29, 1.82) is 0 Å². The van der Waals surface area contributed by atoms with Crippen LogP contribution in [0, 0.1) is 6.92 Å². The summed E-state index contributed by atoms with van der Waals surface area (Å²) in [5.41, 5.74) is 1.58. The number of carbonyl (C=O) groups is 2. The monoisotopic (exact) mass is 360 g/mol. The summed E-state index contributed by atoms with van der Waals surface area (Å²) in [5.74, 6) is 0.285. The number of carbonyl (C=O) groups excluding carboxylic acids is 2. The van der Waals surface area contributed by atoms with E-state index in [0.29, 0.717) is 23.9 Å². The zero-order chi connectivity index (χ0) is 18.2. The molecule has 0 spiro atoms. The SMILES string of the molecule is CC(=O)N(CCNC(=O)COc1ccccc1)c1cccc(Cl)c1C. The number of para-hydroxylation sites is 1. The first-order valence-corrected chi connectivity index (χ1v) is 8.34. The molecule has 0 fully saturated rings. The number of nitrogens with one attached hydrogen (secondary N) is 1. The van der Waals surface area contributed by atoms with Crippen LogP contribution >= 0.6 is 11.6 Å². The zero-order valence-corrected chi connectivity index (χ0v) is 15.0. The van der Waals surface area contributed by atoms with E-state index < -0.39 is 0 Å². The molecule has 0 radical (unpaired) electrons. The van der Waals surface area contributed by atoms with Crippen LogP contribution in [0.2, 0.25) is 5.02 Å². The van der Waals surface area contributed by atoms with Crippen LogP contribution in [0.25, 0.3) is 0 Å². The lowest BCUT2D eigenvalue weighted by molar-refractivity contribution is -0.123. The smallest absolute Gasteiger partial charge is 0.258 e. The van der Waals surface area contributed by atoms with Crippen molar-refractivity contribution in [2.45, 2.75) is 13.8 Å². The highest BCUT2D eigenvalue weighted by atomic mass is 35.5. The summed E-state index contributed by atoms with van der Waals surface area (Å²) in [6, 6.07) is 14.5. The van der Waals surface area contributed by atoms with Gasteiger partial charge in [-0.3, -0.25) is 9.59 Å². The van der Waals surface area contributed by atoms with E-state index in [9.17, 15) is 9.59 Å². The molecule has 2 aromatic carbocycles. The van der Waals surface area contributed by atoms with Crippen LogP contribution in [0.5, 0.6) is 5.75 Å². The third-order valence-corrected chi connectivity index (χ3v) is 4.09. The van der Waals surface area contributed by atoms with Gasteiger partial charge in [0.15, 0.2) is 6.61 Å². The fourth-order valence-electron chi connectivity index (χ4n) is 2.36. The van der Waals surface area contributed by atoms with Crippen LogP contribution in [0.4, 0.5) is 5.69 Å². The second-order valence-electron chi connectivity index (χ2n) is 5.51. The molecule has 2 rings (SSSR count). The van der Waals surface area contributed by atoms with Gasteiger partial charge in [0.25, 0.3) is 5.91 Å². The highest BCUT2D eigenvalue weighted by Crippen LogP contribution is 2.26. The van der Waals surface area contributed by atoms with Gasteiger partial charge in [0, 0.05) is 30.7 Å². The highest BCUT2D eigenvalue weighted by Gasteiger charge is 2.15. The first-order chi connectivity index (χ1) is 12.0. The topological polar surface area (TPSA) is 58.6 Å². The van der Waals surface area contributed by atoms with Crippen LogP contribution in [0.15, 0.2) is 48.5 Å². The highest BCUT2D eigenvalue weighted by molar-refractivity contribution is 6.31. The van der Waals surface area contributed by atoms with Gasteiger partial charge in [-0.1, -0.05) is 35.9 Å². The van der Waals surface area contributed by atoms with Gasteiger partial charge in [-0.15, -0.1) is 0 Å². The third kappa shape index (κ3) is 5.50. The molecule has 1 N–H and O–H groups in total. The number of amides is 2. The Kier molecular flexibility index (Phi) is 6.83. The second kappa shape index (κ2) is 9.08. The van der Waals surface area contributed by atoms with Crippen LogP contribution < -0.4 is 15.0 Å². The molecule has 0 atom stereocenters. The Morgan fingerprint density at radius 2 is 1.84 bits per heavy atom.